The van der Waals surface area contributed by atoms with Crippen LogP contribution in [0.1, 0.15) is 18.4 Å². The van der Waals surface area contributed by atoms with E-state index in [1.165, 1.54) is 19.2 Å². The molecule has 0 saturated heterocycles. The maximum absolute atomic E-state index is 12.6. The Morgan fingerprint density at radius 1 is 1.15 bits per heavy atom. The monoisotopic (exact) mass is 377 g/mol. The van der Waals surface area contributed by atoms with Crippen LogP contribution in [-0.4, -0.2) is 32.4 Å². The molecule has 1 atom stereocenters. The van der Waals surface area contributed by atoms with Crippen LogP contribution in [0.25, 0.3) is 0 Å². The summed E-state index contributed by atoms with van der Waals surface area (Å²) in [6, 6.07) is 15.9. The Labute approximate surface area is 153 Å². The van der Waals surface area contributed by atoms with E-state index in [-0.39, 0.29) is 10.6 Å². The summed E-state index contributed by atoms with van der Waals surface area (Å²) in [5, 5.41) is 8.96. The summed E-state index contributed by atoms with van der Waals surface area (Å²) in [4.78, 5) is 12.0. The predicted octanol–water partition coefficient (Wildman–Crippen LogP) is 2.61. The number of ether oxygens (including phenoxy) is 1. The van der Waals surface area contributed by atoms with Crippen molar-refractivity contribution < 1.29 is 23.2 Å². The first-order valence-corrected chi connectivity index (χ1v) is 9.96. The van der Waals surface area contributed by atoms with Gasteiger partial charge in [-0.15, -0.1) is 0 Å². The number of nitrogens with one attached hydrogen (secondary N) is 1. The molecular formula is C19H23NO5S. The number of hydrogen-bond acceptors (Lipinski definition) is 5. The number of rotatable bonds is 9. The van der Waals surface area contributed by atoms with E-state index in [1.807, 2.05) is 30.3 Å². The predicted molar refractivity (Wildman–Crippen MR) is 97.8 cm³/mol. The smallest absolute Gasteiger partial charge is 0.247 e. The highest BCUT2D eigenvalue weighted by Crippen LogP contribution is 2.22. The van der Waals surface area contributed by atoms with Crippen LogP contribution in [0.5, 0.6) is 5.75 Å². The second-order valence-corrected chi connectivity index (χ2v) is 8.05. The van der Waals surface area contributed by atoms with E-state index < -0.39 is 21.7 Å². The highest BCUT2D eigenvalue weighted by molar-refractivity contribution is 7.91. The molecule has 140 valence electrons. The fourth-order valence-corrected chi connectivity index (χ4v) is 4.36. The van der Waals surface area contributed by atoms with Gasteiger partial charge in [-0.25, -0.2) is 13.9 Å². The van der Waals surface area contributed by atoms with Crippen molar-refractivity contribution in [1.82, 2.24) is 5.48 Å². The third-order valence-corrected chi connectivity index (χ3v) is 5.98. The molecule has 0 spiro atoms. The minimum absolute atomic E-state index is 0.0932. The molecule has 0 heterocycles. The number of hydrogen-bond donors (Lipinski definition) is 2. The molecular weight excluding hydrogens is 354 g/mol. The van der Waals surface area contributed by atoms with Crippen molar-refractivity contribution in [3.05, 3.63) is 60.2 Å². The van der Waals surface area contributed by atoms with Gasteiger partial charge in [-0.05, 0) is 43.0 Å². The van der Waals surface area contributed by atoms with E-state index in [0.717, 1.165) is 12.0 Å². The van der Waals surface area contributed by atoms with Crippen LogP contribution < -0.4 is 10.2 Å². The van der Waals surface area contributed by atoms with Gasteiger partial charge in [-0.1, -0.05) is 36.4 Å². The van der Waals surface area contributed by atoms with E-state index in [2.05, 4.69) is 0 Å². The second-order valence-electron chi connectivity index (χ2n) is 6.01. The molecule has 0 bridgehead atoms. The lowest BCUT2D eigenvalue weighted by atomic mass is 10.0. The minimum atomic E-state index is -3.69. The van der Waals surface area contributed by atoms with E-state index in [0.29, 0.717) is 18.6 Å². The van der Waals surface area contributed by atoms with Gasteiger partial charge >= 0.3 is 0 Å². The van der Waals surface area contributed by atoms with Crippen LogP contribution in [0.15, 0.2) is 59.5 Å². The number of carbonyl (C=O) groups excluding carboxylic acids is 1. The summed E-state index contributed by atoms with van der Waals surface area (Å²) >= 11 is 0. The fraction of sp³-hybridized carbons (Fsp3) is 0.316. The molecule has 0 radical (unpaired) electrons. The van der Waals surface area contributed by atoms with Gasteiger partial charge in [0, 0.05) is 0 Å². The average molecular weight is 377 g/mol. The molecule has 6 nitrogen and oxygen atoms in total. The number of hydroxylamine groups is 1. The van der Waals surface area contributed by atoms with Crippen LogP contribution in [0.2, 0.25) is 0 Å². The van der Waals surface area contributed by atoms with E-state index in [1.54, 1.807) is 17.6 Å². The number of methoxy groups -OCH3 is 1. The quantitative estimate of drug-likeness (QED) is 0.518. The van der Waals surface area contributed by atoms with E-state index in [9.17, 15) is 13.2 Å². The Morgan fingerprint density at radius 3 is 2.54 bits per heavy atom. The molecule has 1 amide bonds. The first-order chi connectivity index (χ1) is 12.5. The van der Waals surface area contributed by atoms with Crippen molar-refractivity contribution in [2.24, 2.45) is 5.92 Å². The zero-order valence-corrected chi connectivity index (χ0v) is 15.4. The second kappa shape index (κ2) is 9.35. The van der Waals surface area contributed by atoms with Gasteiger partial charge in [-0.3, -0.25) is 10.0 Å². The zero-order valence-electron chi connectivity index (χ0n) is 14.6. The Kier molecular flexibility index (Phi) is 7.17. The van der Waals surface area contributed by atoms with Gasteiger partial charge in [0.2, 0.25) is 5.91 Å². The lowest BCUT2D eigenvalue weighted by Crippen LogP contribution is -2.33. The van der Waals surface area contributed by atoms with Gasteiger partial charge in [0.05, 0.1) is 23.7 Å². The number of amides is 1. The van der Waals surface area contributed by atoms with E-state index >= 15 is 0 Å². The Balaban J connectivity index is 2.07. The van der Waals surface area contributed by atoms with E-state index in [4.69, 9.17) is 9.94 Å². The number of aryl methyl sites for hydroxylation is 1. The standard InChI is InChI=1S/C19H23NO5S/c1-25-17-11-6-12-18(13-17)26(23,24)14-16(19(21)20-22)10-5-9-15-7-3-2-4-8-15/h2-4,6-8,11-13,16,22H,5,9-10,14H2,1H3,(H,20,21). The van der Waals surface area contributed by atoms with Crippen molar-refractivity contribution in [2.75, 3.05) is 12.9 Å². The molecule has 2 aromatic rings. The van der Waals surface area contributed by atoms with Gasteiger partial charge in [0.15, 0.2) is 9.84 Å². The SMILES string of the molecule is COc1cccc(S(=O)(=O)CC(CCCc2ccccc2)C(=O)NO)c1. The Bertz CT molecular complexity index is 821. The fourth-order valence-electron chi connectivity index (χ4n) is 2.73. The number of benzene rings is 2. The van der Waals surface area contributed by atoms with Gasteiger partial charge in [0.1, 0.15) is 5.75 Å². The zero-order chi connectivity index (χ0) is 19.0. The van der Waals surface area contributed by atoms with Crippen LogP contribution in [0, 0.1) is 5.92 Å². The molecule has 2 rings (SSSR count). The van der Waals surface area contributed by atoms with Crippen molar-refractivity contribution in [3.63, 3.8) is 0 Å². The molecule has 0 aliphatic rings. The summed E-state index contributed by atoms with van der Waals surface area (Å²) in [6.45, 7) is 0. The number of sulfone groups is 1. The van der Waals surface area contributed by atoms with Gasteiger partial charge in [0.25, 0.3) is 0 Å². The largest absolute Gasteiger partial charge is 0.497 e. The van der Waals surface area contributed by atoms with Crippen LogP contribution in [0.4, 0.5) is 0 Å². The third-order valence-electron chi connectivity index (χ3n) is 4.16. The first kappa shape index (κ1) is 19.9. The van der Waals surface area contributed by atoms with Crippen molar-refractivity contribution >= 4 is 15.7 Å². The molecule has 0 saturated carbocycles. The summed E-state index contributed by atoms with van der Waals surface area (Å²) in [5.74, 6) is -1.47. The van der Waals surface area contributed by atoms with Crippen molar-refractivity contribution in [1.29, 1.82) is 0 Å². The highest BCUT2D eigenvalue weighted by atomic mass is 32.2. The van der Waals surface area contributed by atoms with Gasteiger partial charge < -0.3 is 4.74 Å². The molecule has 1 unspecified atom stereocenters. The van der Waals surface area contributed by atoms with Crippen LogP contribution in [-0.2, 0) is 21.1 Å². The molecule has 7 heteroatoms. The lowest BCUT2D eigenvalue weighted by Gasteiger charge is -2.15. The molecule has 26 heavy (non-hydrogen) atoms. The first-order valence-electron chi connectivity index (χ1n) is 8.31. The summed E-state index contributed by atoms with van der Waals surface area (Å²) in [6.07, 6.45) is 1.72. The summed E-state index contributed by atoms with van der Waals surface area (Å²) in [5.41, 5.74) is 2.70. The normalized spacial score (nSPS) is 12.4. The maximum atomic E-state index is 12.6. The summed E-state index contributed by atoms with van der Waals surface area (Å²) in [7, 11) is -2.24. The highest BCUT2D eigenvalue weighted by Gasteiger charge is 2.26. The number of carbonyl (C=O) groups is 1. The molecule has 2 N–H and O–H groups in total. The third kappa shape index (κ3) is 5.57. The van der Waals surface area contributed by atoms with Gasteiger partial charge in [-0.2, -0.15) is 0 Å². The lowest BCUT2D eigenvalue weighted by molar-refractivity contribution is -0.132. The Hall–Kier alpha value is -2.38. The van der Waals surface area contributed by atoms with Crippen LogP contribution in [0.3, 0.4) is 0 Å². The molecule has 0 aromatic heterocycles. The topological polar surface area (TPSA) is 92.7 Å². The summed E-state index contributed by atoms with van der Waals surface area (Å²) < 4.78 is 30.3. The van der Waals surface area contributed by atoms with Crippen molar-refractivity contribution in [3.8, 4) is 5.75 Å². The molecule has 0 fully saturated rings. The Morgan fingerprint density at radius 2 is 1.88 bits per heavy atom. The average Bonchev–Trinajstić information content (AvgIpc) is 2.67. The minimum Gasteiger partial charge on any atom is -0.497 e. The molecule has 0 aliphatic carbocycles. The van der Waals surface area contributed by atoms with Crippen molar-refractivity contribution in [2.45, 2.75) is 24.2 Å². The maximum Gasteiger partial charge on any atom is 0.247 e. The van der Waals surface area contributed by atoms with Crippen LogP contribution >= 0.6 is 0 Å². The molecule has 2 aromatic carbocycles. The molecule has 0 aliphatic heterocycles.